The van der Waals surface area contributed by atoms with E-state index >= 15 is 0 Å². The zero-order valence-electron chi connectivity index (χ0n) is 6.28. The van der Waals surface area contributed by atoms with E-state index in [0.29, 0.717) is 6.42 Å². The van der Waals surface area contributed by atoms with E-state index in [0.717, 1.165) is 5.69 Å². The van der Waals surface area contributed by atoms with Crippen LogP contribution in [0, 0.1) is 0 Å². The van der Waals surface area contributed by atoms with E-state index in [4.69, 9.17) is 5.73 Å². The fraction of sp³-hybridized carbons (Fsp3) is 0.429. The van der Waals surface area contributed by atoms with Crippen molar-refractivity contribution in [2.24, 2.45) is 5.73 Å². The SMILES string of the molecule is C[C@@H](N)C(=O)Cc1cscn1. The highest BCUT2D eigenvalue weighted by molar-refractivity contribution is 7.07. The lowest BCUT2D eigenvalue weighted by atomic mass is 10.1. The zero-order valence-corrected chi connectivity index (χ0v) is 7.10. The molecule has 0 unspecified atom stereocenters. The highest BCUT2D eigenvalue weighted by Gasteiger charge is 2.08. The van der Waals surface area contributed by atoms with Gasteiger partial charge in [0.15, 0.2) is 5.78 Å². The molecule has 1 heterocycles. The summed E-state index contributed by atoms with van der Waals surface area (Å²) in [4.78, 5) is 15.0. The summed E-state index contributed by atoms with van der Waals surface area (Å²) in [5, 5.41) is 1.86. The molecule has 0 radical (unpaired) electrons. The van der Waals surface area contributed by atoms with Gasteiger partial charge in [0.25, 0.3) is 0 Å². The quantitative estimate of drug-likeness (QED) is 0.722. The van der Waals surface area contributed by atoms with E-state index in [2.05, 4.69) is 4.98 Å². The van der Waals surface area contributed by atoms with Crippen molar-refractivity contribution >= 4 is 17.1 Å². The molecule has 1 rings (SSSR count). The maximum Gasteiger partial charge on any atom is 0.155 e. The molecule has 11 heavy (non-hydrogen) atoms. The van der Waals surface area contributed by atoms with Crippen LogP contribution in [-0.2, 0) is 11.2 Å². The monoisotopic (exact) mass is 170 g/mol. The molecule has 60 valence electrons. The van der Waals surface area contributed by atoms with Crippen LogP contribution in [0.5, 0.6) is 0 Å². The highest BCUT2D eigenvalue weighted by atomic mass is 32.1. The van der Waals surface area contributed by atoms with Crippen LogP contribution in [0.15, 0.2) is 10.9 Å². The molecule has 0 spiro atoms. The molecular formula is C7H10N2OS. The molecule has 0 amide bonds. The first kappa shape index (κ1) is 8.36. The summed E-state index contributed by atoms with van der Waals surface area (Å²) in [6.45, 7) is 1.69. The van der Waals surface area contributed by atoms with Crippen molar-refractivity contribution in [1.29, 1.82) is 0 Å². The first-order valence-corrected chi connectivity index (χ1v) is 4.30. The van der Waals surface area contributed by atoms with Crippen LogP contribution in [0.4, 0.5) is 0 Å². The van der Waals surface area contributed by atoms with Crippen LogP contribution in [-0.4, -0.2) is 16.8 Å². The highest BCUT2D eigenvalue weighted by Crippen LogP contribution is 2.02. The number of rotatable bonds is 3. The van der Waals surface area contributed by atoms with Crippen molar-refractivity contribution < 1.29 is 4.79 Å². The van der Waals surface area contributed by atoms with Gasteiger partial charge in [-0.2, -0.15) is 0 Å². The smallest absolute Gasteiger partial charge is 0.155 e. The van der Waals surface area contributed by atoms with Crippen LogP contribution in [0.1, 0.15) is 12.6 Å². The number of thiazole rings is 1. The second-order valence-corrected chi connectivity index (χ2v) is 3.13. The Morgan fingerprint density at radius 1 is 1.91 bits per heavy atom. The van der Waals surface area contributed by atoms with Gasteiger partial charge in [0.2, 0.25) is 0 Å². The van der Waals surface area contributed by atoms with E-state index in [1.54, 1.807) is 12.4 Å². The van der Waals surface area contributed by atoms with Crippen molar-refractivity contribution in [3.63, 3.8) is 0 Å². The summed E-state index contributed by atoms with van der Waals surface area (Å²) in [7, 11) is 0. The second-order valence-electron chi connectivity index (χ2n) is 2.41. The standard InChI is InChI=1S/C7H10N2OS/c1-5(8)7(10)2-6-3-11-4-9-6/h3-5H,2,8H2,1H3/t5-/m1/s1. The Hall–Kier alpha value is -0.740. The van der Waals surface area contributed by atoms with Crippen molar-refractivity contribution in [1.82, 2.24) is 4.98 Å². The summed E-state index contributed by atoms with van der Waals surface area (Å²) in [6, 6.07) is -0.378. The lowest BCUT2D eigenvalue weighted by molar-refractivity contribution is -0.119. The minimum atomic E-state index is -0.378. The van der Waals surface area contributed by atoms with E-state index in [1.807, 2.05) is 5.38 Å². The minimum absolute atomic E-state index is 0.0379. The van der Waals surface area contributed by atoms with E-state index in [1.165, 1.54) is 11.3 Å². The molecule has 4 heteroatoms. The van der Waals surface area contributed by atoms with Gasteiger partial charge in [0, 0.05) is 5.38 Å². The molecule has 3 nitrogen and oxygen atoms in total. The third-order valence-electron chi connectivity index (χ3n) is 1.35. The number of carbonyl (C=O) groups excluding carboxylic acids is 1. The maximum absolute atomic E-state index is 11.0. The van der Waals surface area contributed by atoms with Crippen molar-refractivity contribution in [2.75, 3.05) is 0 Å². The number of hydrogen-bond acceptors (Lipinski definition) is 4. The summed E-state index contributed by atoms with van der Waals surface area (Å²) < 4.78 is 0. The Morgan fingerprint density at radius 3 is 3.09 bits per heavy atom. The summed E-state index contributed by atoms with van der Waals surface area (Å²) in [5.41, 5.74) is 7.91. The normalized spacial score (nSPS) is 12.9. The van der Waals surface area contributed by atoms with Gasteiger partial charge in [-0.1, -0.05) is 0 Å². The first-order chi connectivity index (χ1) is 5.20. The number of ketones is 1. The molecule has 0 aliphatic rings. The molecule has 0 fully saturated rings. The predicted octanol–water partition coefficient (Wildman–Crippen LogP) is 0.602. The Labute approximate surface area is 69.3 Å². The summed E-state index contributed by atoms with van der Waals surface area (Å²) >= 11 is 1.49. The van der Waals surface area contributed by atoms with Crippen LogP contribution < -0.4 is 5.73 Å². The molecule has 0 saturated carbocycles. The lowest BCUT2D eigenvalue weighted by Crippen LogP contribution is -2.28. The van der Waals surface area contributed by atoms with E-state index in [9.17, 15) is 4.79 Å². The molecule has 1 aromatic rings. The molecule has 1 aromatic heterocycles. The van der Waals surface area contributed by atoms with Gasteiger partial charge in [-0.3, -0.25) is 4.79 Å². The zero-order chi connectivity index (χ0) is 8.27. The molecule has 0 aliphatic carbocycles. The molecule has 2 N–H and O–H groups in total. The second kappa shape index (κ2) is 3.59. The minimum Gasteiger partial charge on any atom is -0.322 e. The van der Waals surface area contributed by atoms with Gasteiger partial charge in [0.05, 0.1) is 23.7 Å². The Kier molecular flexibility index (Phi) is 2.73. The molecule has 1 atom stereocenters. The summed E-state index contributed by atoms with van der Waals surface area (Å²) in [5.74, 6) is 0.0379. The van der Waals surface area contributed by atoms with Gasteiger partial charge in [-0.15, -0.1) is 11.3 Å². The molecular weight excluding hydrogens is 160 g/mol. The Bertz CT molecular complexity index is 231. The summed E-state index contributed by atoms with van der Waals surface area (Å²) in [6.07, 6.45) is 0.362. The number of nitrogens with zero attached hydrogens (tertiary/aromatic N) is 1. The largest absolute Gasteiger partial charge is 0.322 e. The average molecular weight is 170 g/mol. The third-order valence-corrected chi connectivity index (χ3v) is 1.98. The number of nitrogens with two attached hydrogens (primary N) is 1. The Balaban J connectivity index is 2.50. The van der Waals surface area contributed by atoms with Crippen LogP contribution in [0.3, 0.4) is 0 Å². The van der Waals surface area contributed by atoms with Gasteiger partial charge >= 0.3 is 0 Å². The van der Waals surface area contributed by atoms with Crippen LogP contribution >= 0.6 is 11.3 Å². The van der Waals surface area contributed by atoms with Crippen LogP contribution in [0.25, 0.3) is 0 Å². The van der Waals surface area contributed by atoms with Gasteiger partial charge < -0.3 is 5.73 Å². The van der Waals surface area contributed by atoms with Crippen molar-refractivity contribution in [3.05, 3.63) is 16.6 Å². The average Bonchev–Trinajstić information content (AvgIpc) is 2.39. The number of carbonyl (C=O) groups is 1. The molecule has 0 saturated heterocycles. The molecule has 0 aromatic carbocycles. The fourth-order valence-corrected chi connectivity index (χ4v) is 1.22. The molecule has 0 bridgehead atoms. The fourth-order valence-electron chi connectivity index (χ4n) is 0.664. The van der Waals surface area contributed by atoms with Gasteiger partial charge in [-0.05, 0) is 6.92 Å². The maximum atomic E-state index is 11.0. The van der Waals surface area contributed by atoms with Gasteiger partial charge in [0.1, 0.15) is 0 Å². The van der Waals surface area contributed by atoms with Crippen LogP contribution in [0.2, 0.25) is 0 Å². The van der Waals surface area contributed by atoms with E-state index in [-0.39, 0.29) is 11.8 Å². The number of hydrogen-bond donors (Lipinski definition) is 1. The van der Waals surface area contributed by atoms with Crippen molar-refractivity contribution in [2.45, 2.75) is 19.4 Å². The molecule has 0 aliphatic heterocycles. The van der Waals surface area contributed by atoms with Crippen molar-refractivity contribution in [3.8, 4) is 0 Å². The Morgan fingerprint density at radius 2 is 2.64 bits per heavy atom. The van der Waals surface area contributed by atoms with E-state index < -0.39 is 0 Å². The van der Waals surface area contributed by atoms with Gasteiger partial charge in [-0.25, -0.2) is 4.98 Å². The predicted molar refractivity (Wildman–Crippen MR) is 44.5 cm³/mol. The number of aromatic nitrogens is 1. The third kappa shape index (κ3) is 2.40. The topological polar surface area (TPSA) is 56.0 Å². The first-order valence-electron chi connectivity index (χ1n) is 3.35. The number of Topliss-reactive ketones (excluding diaryl/α,β-unsaturated/α-hetero) is 1. The lowest BCUT2D eigenvalue weighted by Gasteiger charge is -2.00.